The molecule has 1 amide bonds. The molecule has 1 unspecified atom stereocenters. The van der Waals surface area contributed by atoms with Gasteiger partial charge in [0, 0.05) is 11.9 Å². The summed E-state index contributed by atoms with van der Waals surface area (Å²) in [7, 11) is 0. The third-order valence-corrected chi connectivity index (χ3v) is 4.67. The van der Waals surface area contributed by atoms with Crippen molar-refractivity contribution in [1.82, 2.24) is 20.0 Å². The zero-order chi connectivity index (χ0) is 20.9. The number of para-hydroxylation sites is 1. The Morgan fingerprint density at radius 3 is 2.47 bits per heavy atom. The Morgan fingerprint density at radius 2 is 1.77 bits per heavy atom. The molecule has 2 aromatic heterocycles. The van der Waals surface area contributed by atoms with Gasteiger partial charge in [-0.05, 0) is 50.2 Å². The molecule has 0 bridgehead atoms. The molecule has 4 rings (SSSR count). The van der Waals surface area contributed by atoms with Crippen LogP contribution in [0.25, 0.3) is 5.69 Å². The Kier molecular flexibility index (Phi) is 5.52. The van der Waals surface area contributed by atoms with Gasteiger partial charge in [0.15, 0.2) is 0 Å². The summed E-state index contributed by atoms with van der Waals surface area (Å²) < 4.78 is 1.74. The van der Waals surface area contributed by atoms with Gasteiger partial charge < -0.3 is 10.6 Å². The molecule has 2 aromatic carbocycles. The highest BCUT2D eigenvalue weighted by atomic mass is 16.1. The van der Waals surface area contributed by atoms with Gasteiger partial charge >= 0.3 is 0 Å². The number of hydrogen-bond acceptors (Lipinski definition) is 5. The van der Waals surface area contributed by atoms with E-state index in [4.69, 9.17) is 0 Å². The lowest BCUT2D eigenvalue weighted by atomic mass is 10.2. The molecule has 0 aliphatic carbocycles. The molecule has 7 heteroatoms. The van der Waals surface area contributed by atoms with Crippen molar-refractivity contribution in [1.29, 1.82) is 0 Å². The van der Waals surface area contributed by atoms with Crippen molar-refractivity contribution >= 4 is 17.4 Å². The average molecular weight is 398 g/mol. The predicted octanol–water partition coefficient (Wildman–Crippen LogP) is 4.40. The van der Waals surface area contributed by atoms with Crippen molar-refractivity contribution in [2.75, 3.05) is 10.6 Å². The highest BCUT2D eigenvalue weighted by Gasteiger charge is 2.12. The van der Waals surface area contributed by atoms with E-state index < -0.39 is 0 Å². The van der Waals surface area contributed by atoms with Crippen molar-refractivity contribution in [2.24, 2.45) is 0 Å². The van der Waals surface area contributed by atoms with Gasteiger partial charge in [-0.15, -0.1) is 5.10 Å². The van der Waals surface area contributed by atoms with E-state index >= 15 is 0 Å². The summed E-state index contributed by atoms with van der Waals surface area (Å²) in [5.41, 5.74) is 4.13. The lowest BCUT2D eigenvalue weighted by Crippen LogP contribution is -2.13. The molecule has 2 heterocycles. The number of hydrogen-bond donors (Lipinski definition) is 2. The van der Waals surface area contributed by atoms with Crippen LogP contribution in [0.3, 0.4) is 0 Å². The van der Waals surface area contributed by atoms with E-state index in [-0.39, 0.29) is 11.9 Å². The second kappa shape index (κ2) is 8.57. The van der Waals surface area contributed by atoms with Gasteiger partial charge in [0.05, 0.1) is 23.5 Å². The van der Waals surface area contributed by atoms with E-state index in [0.717, 1.165) is 22.6 Å². The topological polar surface area (TPSA) is 84.7 Å². The predicted molar refractivity (Wildman–Crippen MR) is 117 cm³/mol. The van der Waals surface area contributed by atoms with Crippen LogP contribution in [0.5, 0.6) is 0 Å². The van der Waals surface area contributed by atoms with E-state index in [1.807, 2.05) is 74.6 Å². The Morgan fingerprint density at radius 1 is 1.00 bits per heavy atom. The molecule has 4 aromatic rings. The van der Waals surface area contributed by atoms with Crippen LogP contribution in [-0.2, 0) is 0 Å². The zero-order valence-electron chi connectivity index (χ0n) is 16.8. The molecule has 0 fully saturated rings. The quantitative estimate of drug-likeness (QED) is 0.503. The highest BCUT2D eigenvalue weighted by molar-refractivity contribution is 6.04. The van der Waals surface area contributed by atoms with E-state index in [1.165, 1.54) is 0 Å². The number of amides is 1. The van der Waals surface area contributed by atoms with Crippen LogP contribution < -0.4 is 10.6 Å². The molecule has 1 atom stereocenters. The number of carbonyl (C=O) groups is 1. The Hall–Kier alpha value is -4.00. The standard InChI is InChI=1S/C23H22N6O/c1-16-8-11-19(12-9-16)26-23(30)18-10-13-22(24-14-18)25-17(2)21-15-29(28-27-21)20-6-4-3-5-7-20/h3-15,17H,1-2H3,(H,24,25)(H,26,30). The summed E-state index contributed by atoms with van der Waals surface area (Å²) >= 11 is 0. The normalized spacial score (nSPS) is 11.7. The highest BCUT2D eigenvalue weighted by Crippen LogP contribution is 2.18. The number of aryl methyl sites for hydroxylation is 1. The van der Waals surface area contributed by atoms with E-state index in [2.05, 4.69) is 25.9 Å². The summed E-state index contributed by atoms with van der Waals surface area (Å²) in [5, 5.41) is 14.6. The fraction of sp³-hybridized carbons (Fsp3) is 0.130. The first kappa shape index (κ1) is 19.3. The van der Waals surface area contributed by atoms with Gasteiger partial charge in [-0.1, -0.05) is 41.1 Å². The monoisotopic (exact) mass is 398 g/mol. The number of nitrogens with zero attached hydrogens (tertiary/aromatic N) is 4. The molecule has 0 saturated heterocycles. The summed E-state index contributed by atoms with van der Waals surface area (Å²) in [4.78, 5) is 16.8. The third kappa shape index (κ3) is 4.52. The minimum atomic E-state index is -0.197. The van der Waals surface area contributed by atoms with Gasteiger partial charge in [-0.3, -0.25) is 4.79 Å². The van der Waals surface area contributed by atoms with Gasteiger partial charge in [0.25, 0.3) is 5.91 Å². The number of rotatable bonds is 6. The van der Waals surface area contributed by atoms with Gasteiger partial charge in [-0.25, -0.2) is 9.67 Å². The number of aromatic nitrogens is 4. The van der Waals surface area contributed by atoms with Crippen LogP contribution in [0.4, 0.5) is 11.5 Å². The smallest absolute Gasteiger partial charge is 0.257 e. The zero-order valence-corrected chi connectivity index (χ0v) is 16.8. The number of anilines is 2. The second-order valence-electron chi connectivity index (χ2n) is 7.04. The Bertz CT molecular complexity index is 1120. The first-order valence-electron chi connectivity index (χ1n) is 9.67. The lowest BCUT2D eigenvalue weighted by molar-refractivity contribution is 0.102. The van der Waals surface area contributed by atoms with Crippen LogP contribution in [-0.4, -0.2) is 25.9 Å². The fourth-order valence-electron chi connectivity index (χ4n) is 2.93. The van der Waals surface area contributed by atoms with E-state index in [0.29, 0.717) is 11.4 Å². The maximum absolute atomic E-state index is 12.4. The number of nitrogens with one attached hydrogen (secondary N) is 2. The van der Waals surface area contributed by atoms with Crippen molar-refractivity contribution in [3.63, 3.8) is 0 Å². The summed E-state index contributed by atoms with van der Waals surface area (Å²) in [6.45, 7) is 3.99. The van der Waals surface area contributed by atoms with Crippen LogP contribution in [0.15, 0.2) is 79.1 Å². The lowest BCUT2D eigenvalue weighted by Gasteiger charge is -2.12. The number of benzene rings is 2. The molecule has 0 saturated carbocycles. The Balaban J connectivity index is 1.39. The van der Waals surface area contributed by atoms with Crippen molar-refractivity contribution in [3.05, 3.63) is 95.9 Å². The number of carbonyl (C=O) groups excluding carboxylic acids is 1. The molecule has 0 spiro atoms. The molecule has 7 nitrogen and oxygen atoms in total. The third-order valence-electron chi connectivity index (χ3n) is 4.67. The molecule has 2 N–H and O–H groups in total. The first-order valence-corrected chi connectivity index (χ1v) is 9.67. The maximum Gasteiger partial charge on any atom is 0.257 e. The minimum absolute atomic E-state index is 0.0952. The molecule has 0 aliphatic heterocycles. The summed E-state index contributed by atoms with van der Waals surface area (Å²) in [6, 6.07) is 20.9. The van der Waals surface area contributed by atoms with Gasteiger partial charge in [-0.2, -0.15) is 0 Å². The van der Waals surface area contributed by atoms with Crippen molar-refractivity contribution in [2.45, 2.75) is 19.9 Å². The van der Waals surface area contributed by atoms with E-state index in [1.54, 1.807) is 23.0 Å². The SMILES string of the molecule is Cc1ccc(NC(=O)c2ccc(NC(C)c3cn(-c4ccccc4)nn3)nc2)cc1. The molecular formula is C23H22N6O. The van der Waals surface area contributed by atoms with Crippen LogP contribution >= 0.6 is 0 Å². The first-order chi connectivity index (χ1) is 14.6. The minimum Gasteiger partial charge on any atom is -0.362 e. The average Bonchev–Trinajstić information content (AvgIpc) is 3.27. The molecule has 150 valence electrons. The molecular weight excluding hydrogens is 376 g/mol. The van der Waals surface area contributed by atoms with E-state index in [9.17, 15) is 4.79 Å². The van der Waals surface area contributed by atoms with Crippen molar-refractivity contribution < 1.29 is 4.79 Å². The molecule has 0 aliphatic rings. The van der Waals surface area contributed by atoms with Crippen LogP contribution in [0.1, 0.15) is 34.6 Å². The van der Waals surface area contributed by atoms with Crippen LogP contribution in [0, 0.1) is 6.92 Å². The van der Waals surface area contributed by atoms with Crippen molar-refractivity contribution in [3.8, 4) is 5.69 Å². The largest absolute Gasteiger partial charge is 0.362 e. The van der Waals surface area contributed by atoms with Crippen LogP contribution in [0.2, 0.25) is 0 Å². The Labute approximate surface area is 174 Å². The maximum atomic E-state index is 12.4. The van der Waals surface area contributed by atoms with Gasteiger partial charge in [0.1, 0.15) is 11.5 Å². The molecule has 0 radical (unpaired) electrons. The molecule has 30 heavy (non-hydrogen) atoms. The fourth-order valence-corrected chi connectivity index (χ4v) is 2.93. The van der Waals surface area contributed by atoms with Gasteiger partial charge in [0.2, 0.25) is 0 Å². The summed E-state index contributed by atoms with van der Waals surface area (Å²) in [6.07, 6.45) is 3.44. The number of pyridine rings is 1. The second-order valence-corrected chi connectivity index (χ2v) is 7.04. The summed E-state index contributed by atoms with van der Waals surface area (Å²) in [5.74, 6) is 0.459.